The van der Waals surface area contributed by atoms with E-state index in [-0.39, 0.29) is 17.1 Å². The van der Waals surface area contributed by atoms with E-state index in [1.54, 1.807) is 6.08 Å². The van der Waals surface area contributed by atoms with Crippen molar-refractivity contribution in [1.82, 2.24) is 0 Å². The minimum absolute atomic E-state index is 0.0683. The average Bonchev–Trinajstić information content (AvgIpc) is 2.72. The summed E-state index contributed by atoms with van der Waals surface area (Å²) >= 11 is 1.87. The van der Waals surface area contributed by atoms with Crippen LogP contribution in [0.3, 0.4) is 0 Å². The van der Waals surface area contributed by atoms with Crippen molar-refractivity contribution >= 4 is 23.6 Å². The van der Waals surface area contributed by atoms with Crippen molar-refractivity contribution in [3.05, 3.63) is 59.7 Å². The number of carbonyl (C=O) groups excluding carboxylic acids is 1. The Hall–Kier alpha value is -2.20. The van der Waals surface area contributed by atoms with Crippen molar-refractivity contribution in [2.75, 3.05) is 5.75 Å². The first-order valence-electron chi connectivity index (χ1n) is 10.6. The summed E-state index contributed by atoms with van der Waals surface area (Å²) in [6, 6.07) is 12.4. The second-order valence-electron chi connectivity index (χ2n) is 7.26. The molecule has 0 aliphatic heterocycles. The van der Waals surface area contributed by atoms with Gasteiger partial charge in [0.2, 0.25) is 0 Å². The Morgan fingerprint density at radius 3 is 2.07 bits per heavy atom. The van der Waals surface area contributed by atoms with Gasteiger partial charge in [-0.05, 0) is 48.1 Å². The topological polar surface area (TPSA) is 57.5 Å². The van der Waals surface area contributed by atoms with Crippen LogP contribution in [0.1, 0.15) is 74.2 Å². The molecule has 2 rings (SSSR count). The van der Waals surface area contributed by atoms with E-state index in [1.807, 2.05) is 23.9 Å². The number of hydrogen-bond donors (Lipinski definition) is 2. The van der Waals surface area contributed by atoms with E-state index < -0.39 is 5.78 Å². The van der Waals surface area contributed by atoms with Crippen LogP contribution < -0.4 is 0 Å². The second kappa shape index (κ2) is 13.1. The summed E-state index contributed by atoms with van der Waals surface area (Å²) in [6.07, 6.45) is 13.8. The first kappa shape index (κ1) is 23.1. The first-order valence-corrected chi connectivity index (χ1v) is 11.6. The van der Waals surface area contributed by atoms with E-state index >= 15 is 0 Å². The predicted octanol–water partition coefficient (Wildman–Crippen LogP) is 7.23. The molecule has 0 aliphatic carbocycles. The zero-order valence-electron chi connectivity index (χ0n) is 17.3. The van der Waals surface area contributed by atoms with Crippen molar-refractivity contribution in [2.24, 2.45) is 0 Å². The number of carbonyl (C=O) groups is 1. The molecule has 0 atom stereocenters. The molecule has 0 aliphatic rings. The van der Waals surface area contributed by atoms with E-state index in [1.165, 1.54) is 80.5 Å². The predicted molar refractivity (Wildman–Crippen MR) is 123 cm³/mol. The van der Waals surface area contributed by atoms with E-state index in [0.29, 0.717) is 0 Å². The maximum Gasteiger partial charge on any atom is 0.193 e. The smallest absolute Gasteiger partial charge is 0.193 e. The van der Waals surface area contributed by atoms with E-state index in [9.17, 15) is 15.0 Å². The molecular formula is C25H32O3S. The van der Waals surface area contributed by atoms with Gasteiger partial charge in [0.25, 0.3) is 0 Å². The molecule has 0 radical (unpaired) electrons. The average molecular weight is 413 g/mol. The second-order valence-corrected chi connectivity index (χ2v) is 8.43. The van der Waals surface area contributed by atoms with Crippen molar-refractivity contribution in [2.45, 2.75) is 63.2 Å². The van der Waals surface area contributed by atoms with Crippen LogP contribution in [-0.4, -0.2) is 21.7 Å². The van der Waals surface area contributed by atoms with Crippen molar-refractivity contribution in [3.63, 3.8) is 0 Å². The Kier molecular flexibility index (Phi) is 10.4. The lowest BCUT2D eigenvalue weighted by molar-refractivity contribution is 0.104. The molecule has 4 heteroatoms. The van der Waals surface area contributed by atoms with Gasteiger partial charge in [0.1, 0.15) is 17.1 Å². The number of phenols is 2. The first-order chi connectivity index (χ1) is 14.1. The minimum Gasteiger partial charge on any atom is -0.507 e. The molecule has 0 saturated carbocycles. The quantitative estimate of drug-likeness (QED) is 0.158. The Morgan fingerprint density at radius 1 is 0.862 bits per heavy atom. The number of thioether (sulfide) groups is 1. The van der Waals surface area contributed by atoms with Gasteiger partial charge < -0.3 is 10.2 Å². The van der Waals surface area contributed by atoms with Gasteiger partial charge in [-0.15, -0.1) is 11.8 Å². The molecule has 0 unspecified atom stereocenters. The Balaban J connectivity index is 1.72. The molecule has 0 bridgehead atoms. The molecule has 2 aromatic carbocycles. The van der Waals surface area contributed by atoms with Crippen LogP contribution in [0.5, 0.6) is 11.5 Å². The lowest BCUT2D eigenvalue weighted by Crippen LogP contribution is -1.95. The molecule has 156 valence electrons. The molecule has 0 amide bonds. The number of rotatable bonds is 13. The van der Waals surface area contributed by atoms with Crippen LogP contribution in [0.15, 0.2) is 53.4 Å². The number of unbranched alkanes of at least 4 members (excludes halogenated alkanes) is 7. The number of benzene rings is 2. The molecule has 2 N–H and O–H groups in total. The normalized spacial score (nSPS) is 11.2. The van der Waals surface area contributed by atoms with Crippen molar-refractivity contribution in [1.29, 1.82) is 0 Å². The van der Waals surface area contributed by atoms with Gasteiger partial charge in [-0.3, -0.25) is 4.79 Å². The van der Waals surface area contributed by atoms with Gasteiger partial charge in [-0.1, -0.05) is 76.1 Å². The van der Waals surface area contributed by atoms with Crippen LogP contribution in [0.2, 0.25) is 0 Å². The number of ketones is 1. The molecule has 2 aromatic rings. The van der Waals surface area contributed by atoms with Gasteiger partial charge in [0, 0.05) is 4.90 Å². The number of phenolic OH excluding ortho intramolecular Hbond substituents is 2. The molecule has 3 nitrogen and oxygen atoms in total. The monoisotopic (exact) mass is 412 g/mol. The van der Waals surface area contributed by atoms with Crippen molar-refractivity contribution < 1.29 is 15.0 Å². The molecule has 0 saturated heterocycles. The fourth-order valence-corrected chi connectivity index (χ4v) is 4.05. The summed E-state index contributed by atoms with van der Waals surface area (Å²) in [6.45, 7) is 2.25. The van der Waals surface area contributed by atoms with Gasteiger partial charge >= 0.3 is 0 Å². The molecule has 0 fully saturated rings. The third-order valence-electron chi connectivity index (χ3n) is 4.84. The van der Waals surface area contributed by atoms with Gasteiger partial charge in [0.05, 0.1) is 0 Å². The van der Waals surface area contributed by atoms with Crippen LogP contribution in [0, 0.1) is 0 Å². The SMILES string of the molecule is CCCCCCCCCCSc1ccc(/C=C/C(=O)c2c(O)cccc2O)cc1. The van der Waals surface area contributed by atoms with Gasteiger partial charge in [0.15, 0.2) is 5.78 Å². The van der Waals surface area contributed by atoms with Crippen LogP contribution >= 0.6 is 11.8 Å². The summed E-state index contributed by atoms with van der Waals surface area (Å²) in [5.41, 5.74) is 0.839. The molecule has 0 aromatic heterocycles. The van der Waals surface area contributed by atoms with E-state index in [4.69, 9.17) is 0 Å². The highest BCUT2D eigenvalue weighted by Gasteiger charge is 2.13. The zero-order valence-corrected chi connectivity index (χ0v) is 18.1. The third-order valence-corrected chi connectivity index (χ3v) is 5.94. The standard InChI is InChI=1S/C25H32O3S/c1-2-3-4-5-6-7-8-9-19-29-21-16-13-20(14-17-21)15-18-24(28)25-22(26)11-10-12-23(25)27/h10-18,26-27H,2-9,19H2,1H3/b18-15+. The molecule has 0 heterocycles. The Morgan fingerprint density at radius 2 is 1.45 bits per heavy atom. The van der Waals surface area contributed by atoms with Crippen molar-refractivity contribution in [3.8, 4) is 11.5 Å². The number of allylic oxidation sites excluding steroid dienone is 1. The summed E-state index contributed by atoms with van der Waals surface area (Å²) in [5, 5.41) is 19.5. The molecule has 0 spiro atoms. The van der Waals surface area contributed by atoms with E-state index in [0.717, 1.165) is 11.3 Å². The Bertz CT molecular complexity index is 761. The summed E-state index contributed by atoms with van der Waals surface area (Å²) in [4.78, 5) is 13.4. The largest absolute Gasteiger partial charge is 0.507 e. The number of aromatic hydroxyl groups is 2. The lowest BCUT2D eigenvalue weighted by atomic mass is 10.1. The summed E-state index contributed by atoms with van der Waals surface area (Å²) < 4.78 is 0. The highest BCUT2D eigenvalue weighted by Crippen LogP contribution is 2.27. The molecular weight excluding hydrogens is 380 g/mol. The lowest BCUT2D eigenvalue weighted by Gasteiger charge is -2.04. The van der Waals surface area contributed by atoms with Crippen LogP contribution in [0.25, 0.3) is 6.08 Å². The minimum atomic E-state index is -0.422. The highest BCUT2D eigenvalue weighted by atomic mass is 32.2. The maximum atomic E-state index is 12.2. The highest BCUT2D eigenvalue weighted by molar-refractivity contribution is 7.99. The fourth-order valence-electron chi connectivity index (χ4n) is 3.14. The Labute approximate surface area is 178 Å². The van der Waals surface area contributed by atoms with Gasteiger partial charge in [-0.25, -0.2) is 0 Å². The van der Waals surface area contributed by atoms with Gasteiger partial charge in [-0.2, -0.15) is 0 Å². The fraction of sp³-hybridized carbons (Fsp3) is 0.400. The number of hydrogen-bond acceptors (Lipinski definition) is 4. The van der Waals surface area contributed by atoms with E-state index in [2.05, 4.69) is 19.1 Å². The summed E-state index contributed by atoms with van der Waals surface area (Å²) in [7, 11) is 0. The summed E-state index contributed by atoms with van der Waals surface area (Å²) in [5.74, 6) is 0.281. The van der Waals surface area contributed by atoms with Crippen LogP contribution in [0.4, 0.5) is 0 Å². The van der Waals surface area contributed by atoms with Crippen LogP contribution in [-0.2, 0) is 0 Å². The third kappa shape index (κ3) is 8.36. The zero-order chi connectivity index (χ0) is 20.9. The molecule has 29 heavy (non-hydrogen) atoms. The maximum absolute atomic E-state index is 12.2.